The number of nitrogens with two attached hydrogens (primary N) is 1. The van der Waals surface area contributed by atoms with Crippen LogP contribution < -0.4 is 21.9 Å². The molecule has 0 fully saturated rings. The van der Waals surface area contributed by atoms with Crippen LogP contribution in [-0.4, -0.2) is 35.7 Å². The number of benzene rings is 1. The number of anilines is 2. The second-order valence-electron chi connectivity index (χ2n) is 6.13. The van der Waals surface area contributed by atoms with Gasteiger partial charge in [0.2, 0.25) is 0 Å². The highest BCUT2D eigenvalue weighted by atomic mass is 35.5. The maximum absolute atomic E-state index is 12.9. The number of methoxy groups -OCH3 is 1. The van der Waals surface area contributed by atoms with Crippen LogP contribution in [0.4, 0.5) is 11.5 Å². The molecule has 1 aromatic carbocycles. The topological polar surface area (TPSA) is 110 Å². The summed E-state index contributed by atoms with van der Waals surface area (Å²) < 4.78 is 6.27. The standard InChI is InChI=1S/C19H22Cl2N4O4/c1-3-8-25-17(22)16(18(27)23-19(25)28)24(9-10-29-2)15(26)7-5-12-4-6-13(20)14(21)11-12/h4-7,11H,3,8-10,22H2,1-2H3,(H,23,27,28)/b7-5+. The van der Waals surface area contributed by atoms with Gasteiger partial charge in [-0.3, -0.25) is 24.0 Å². The summed E-state index contributed by atoms with van der Waals surface area (Å²) >= 11 is 11.9. The largest absolute Gasteiger partial charge is 0.383 e. The fourth-order valence-electron chi connectivity index (χ4n) is 2.67. The molecule has 156 valence electrons. The number of carbonyl (C=O) groups excluding carboxylic acids is 1. The van der Waals surface area contributed by atoms with Crippen LogP contribution >= 0.6 is 23.2 Å². The molecule has 0 saturated carbocycles. The third-order valence-electron chi connectivity index (χ3n) is 4.08. The Morgan fingerprint density at radius 2 is 2.03 bits per heavy atom. The number of amides is 1. The van der Waals surface area contributed by atoms with Crippen LogP contribution in [0.25, 0.3) is 6.08 Å². The van der Waals surface area contributed by atoms with Crippen molar-refractivity contribution in [3.8, 4) is 0 Å². The number of ether oxygens (including phenoxy) is 1. The monoisotopic (exact) mass is 440 g/mol. The first kappa shape index (κ1) is 22.7. The van der Waals surface area contributed by atoms with E-state index in [1.54, 1.807) is 18.2 Å². The number of H-pyrrole nitrogens is 1. The molecular weight excluding hydrogens is 419 g/mol. The zero-order valence-corrected chi connectivity index (χ0v) is 17.6. The van der Waals surface area contributed by atoms with Crippen molar-refractivity contribution in [2.24, 2.45) is 0 Å². The fraction of sp³-hybridized carbons (Fsp3) is 0.316. The predicted molar refractivity (Wildman–Crippen MR) is 116 cm³/mol. The molecule has 0 aliphatic heterocycles. The van der Waals surface area contributed by atoms with Crippen molar-refractivity contribution >= 4 is 46.7 Å². The average molecular weight is 441 g/mol. The summed E-state index contributed by atoms with van der Waals surface area (Å²) in [5, 5.41) is 0.749. The van der Waals surface area contributed by atoms with Crippen molar-refractivity contribution in [2.45, 2.75) is 19.9 Å². The van der Waals surface area contributed by atoms with Crippen LogP contribution in [0.15, 0.2) is 33.9 Å². The van der Waals surface area contributed by atoms with E-state index in [1.807, 2.05) is 6.92 Å². The Kier molecular flexibility index (Phi) is 8.07. The van der Waals surface area contributed by atoms with Gasteiger partial charge in [0.1, 0.15) is 5.82 Å². The van der Waals surface area contributed by atoms with Crippen molar-refractivity contribution in [3.05, 3.63) is 60.7 Å². The zero-order chi connectivity index (χ0) is 21.6. The molecule has 0 saturated heterocycles. The molecule has 1 heterocycles. The van der Waals surface area contributed by atoms with Crippen LogP contribution in [0.1, 0.15) is 18.9 Å². The van der Waals surface area contributed by atoms with Gasteiger partial charge in [-0.15, -0.1) is 0 Å². The Morgan fingerprint density at radius 3 is 2.66 bits per heavy atom. The SMILES string of the molecule is CCCn1c(N)c(N(CCOC)C(=O)/C=C/c2ccc(Cl)c(Cl)c2)c(=O)[nH]c1=O. The van der Waals surface area contributed by atoms with Gasteiger partial charge >= 0.3 is 5.69 Å². The number of aromatic amines is 1. The number of nitrogens with zero attached hydrogens (tertiary/aromatic N) is 2. The van der Waals surface area contributed by atoms with Gasteiger partial charge in [0.05, 0.1) is 16.7 Å². The number of nitrogen functional groups attached to an aromatic ring is 1. The van der Waals surface area contributed by atoms with E-state index in [9.17, 15) is 14.4 Å². The molecule has 0 aliphatic carbocycles. The summed E-state index contributed by atoms with van der Waals surface area (Å²) in [5.41, 5.74) is 5.26. The lowest BCUT2D eigenvalue weighted by atomic mass is 10.2. The van der Waals surface area contributed by atoms with Gasteiger partial charge in [0.25, 0.3) is 11.5 Å². The minimum absolute atomic E-state index is 0.0681. The minimum atomic E-state index is -0.743. The van der Waals surface area contributed by atoms with E-state index < -0.39 is 17.2 Å². The summed E-state index contributed by atoms with van der Waals surface area (Å²) in [7, 11) is 1.47. The summed E-state index contributed by atoms with van der Waals surface area (Å²) in [6, 6.07) is 4.91. The fourth-order valence-corrected chi connectivity index (χ4v) is 2.98. The lowest BCUT2D eigenvalue weighted by Crippen LogP contribution is -2.42. The van der Waals surface area contributed by atoms with Crippen LogP contribution in [0.5, 0.6) is 0 Å². The molecule has 1 aromatic heterocycles. The van der Waals surface area contributed by atoms with Crippen LogP contribution in [0.2, 0.25) is 10.0 Å². The van der Waals surface area contributed by atoms with Crippen LogP contribution in [0, 0.1) is 0 Å². The molecule has 8 nitrogen and oxygen atoms in total. The maximum atomic E-state index is 12.9. The van der Waals surface area contributed by atoms with Crippen LogP contribution in [0.3, 0.4) is 0 Å². The van der Waals surface area contributed by atoms with Crippen molar-refractivity contribution in [1.82, 2.24) is 9.55 Å². The van der Waals surface area contributed by atoms with Crippen molar-refractivity contribution in [2.75, 3.05) is 30.9 Å². The summed E-state index contributed by atoms with van der Waals surface area (Å²) in [5.74, 6) is -0.583. The van der Waals surface area contributed by atoms with Gasteiger partial charge in [-0.05, 0) is 30.2 Å². The van der Waals surface area contributed by atoms with E-state index in [1.165, 1.54) is 28.7 Å². The highest BCUT2D eigenvalue weighted by Gasteiger charge is 2.22. The van der Waals surface area contributed by atoms with E-state index in [4.69, 9.17) is 33.7 Å². The maximum Gasteiger partial charge on any atom is 0.330 e. The van der Waals surface area contributed by atoms with Gasteiger partial charge in [0.15, 0.2) is 5.69 Å². The van der Waals surface area contributed by atoms with E-state index in [2.05, 4.69) is 4.98 Å². The second-order valence-corrected chi connectivity index (χ2v) is 6.95. The molecule has 1 amide bonds. The predicted octanol–water partition coefficient (Wildman–Crippen LogP) is 2.53. The lowest BCUT2D eigenvalue weighted by Gasteiger charge is -2.23. The molecule has 0 bridgehead atoms. The first-order valence-corrected chi connectivity index (χ1v) is 9.61. The number of nitrogens with one attached hydrogen (secondary N) is 1. The quantitative estimate of drug-likeness (QED) is 0.612. The van der Waals surface area contributed by atoms with Gasteiger partial charge in [-0.2, -0.15) is 0 Å². The smallest absolute Gasteiger partial charge is 0.330 e. The molecule has 10 heteroatoms. The number of aromatic nitrogens is 2. The van der Waals surface area contributed by atoms with Gasteiger partial charge in [0, 0.05) is 26.3 Å². The lowest BCUT2D eigenvalue weighted by molar-refractivity contribution is -0.114. The zero-order valence-electron chi connectivity index (χ0n) is 16.1. The Labute approximate surface area is 177 Å². The number of halogens is 2. The number of carbonyl (C=O) groups is 1. The number of rotatable bonds is 8. The summed E-state index contributed by atoms with van der Waals surface area (Å²) in [4.78, 5) is 40.7. The molecule has 0 radical (unpaired) electrons. The molecule has 0 aliphatic rings. The molecule has 0 unspecified atom stereocenters. The number of hydrogen-bond acceptors (Lipinski definition) is 5. The first-order valence-electron chi connectivity index (χ1n) is 8.86. The molecule has 2 aromatic rings. The molecule has 0 atom stereocenters. The summed E-state index contributed by atoms with van der Waals surface area (Å²) in [6.45, 7) is 2.40. The Balaban J connectivity index is 2.45. The van der Waals surface area contributed by atoms with E-state index >= 15 is 0 Å². The highest BCUT2D eigenvalue weighted by Crippen LogP contribution is 2.23. The Morgan fingerprint density at radius 1 is 1.31 bits per heavy atom. The number of hydrogen-bond donors (Lipinski definition) is 2. The van der Waals surface area contributed by atoms with Gasteiger partial charge in [-0.25, -0.2) is 4.79 Å². The molecule has 29 heavy (non-hydrogen) atoms. The first-order chi connectivity index (χ1) is 13.8. The molecule has 2 rings (SSSR count). The van der Waals surface area contributed by atoms with Crippen LogP contribution in [-0.2, 0) is 16.1 Å². The van der Waals surface area contributed by atoms with E-state index in [0.717, 1.165) is 0 Å². The summed E-state index contributed by atoms with van der Waals surface area (Å²) in [6.07, 6.45) is 3.44. The Hall–Kier alpha value is -2.55. The van der Waals surface area contributed by atoms with Crippen molar-refractivity contribution in [1.29, 1.82) is 0 Å². The van der Waals surface area contributed by atoms with Gasteiger partial charge in [-0.1, -0.05) is 36.2 Å². The van der Waals surface area contributed by atoms with Gasteiger partial charge < -0.3 is 10.5 Å². The average Bonchev–Trinajstić information content (AvgIpc) is 2.68. The Bertz CT molecular complexity index is 1030. The third-order valence-corrected chi connectivity index (χ3v) is 4.82. The highest BCUT2D eigenvalue weighted by molar-refractivity contribution is 6.42. The van der Waals surface area contributed by atoms with Crippen molar-refractivity contribution in [3.63, 3.8) is 0 Å². The molecule has 0 spiro atoms. The van der Waals surface area contributed by atoms with E-state index in [-0.39, 0.29) is 24.7 Å². The molecule has 3 N–H and O–H groups in total. The van der Waals surface area contributed by atoms with E-state index in [0.29, 0.717) is 28.6 Å². The second kappa shape index (κ2) is 10.3. The normalized spacial score (nSPS) is 11.2. The minimum Gasteiger partial charge on any atom is -0.383 e. The third kappa shape index (κ3) is 5.50. The van der Waals surface area contributed by atoms with Crippen molar-refractivity contribution < 1.29 is 9.53 Å². The molecular formula is C19H22Cl2N4O4.